The first-order chi connectivity index (χ1) is 12.2. The van der Waals surface area contributed by atoms with Gasteiger partial charge in [0.25, 0.3) is 0 Å². The molecule has 4 rings (SSSR count). The molecule has 138 valence electrons. The van der Waals surface area contributed by atoms with E-state index in [-0.39, 0.29) is 11.4 Å². The van der Waals surface area contributed by atoms with Crippen molar-refractivity contribution in [2.45, 2.75) is 64.5 Å². The van der Waals surface area contributed by atoms with Gasteiger partial charge in [-0.2, -0.15) is 0 Å². The van der Waals surface area contributed by atoms with Crippen LogP contribution in [0.15, 0.2) is 10.6 Å². The van der Waals surface area contributed by atoms with E-state index in [1.165, 1.54) is 12.8 Å². The Bertz CT molecular complexity index is 609. The molecule has 1 saturated carbocycles. The lowest BCUT2D eigenvalue weighted by atomic mass is 9.71. The number of aryl methyl sites for hydroxylation is 1. The molecular weight excluding hydrogens is 318 g/mol. The molecule has 25 heavy (non-hydrogen) atoms. The maximum absolute atomic E-state index is 12.8. The summed E-state index contributed by atoms with van der Waals surface area (Å²) in [5.74, 6) is 2.15. The molecule has 1 spiro atoms. The van der Waals surface area contributed by atoms with E-state index in [9.17, 15) is 4.79 Å². The van der Waals surface area contributed by atoms with Crippen molar-refractivity contribution in [1.82, 2.24) is 15.2 Å². The summed E-state index contributed by atoms with van der Waals surface area (Å²) in [6, 6.07) is 0.456. The number of ether oxygens (including phenoxy) is 1. The maximum atomic E-state index is 12.8. The van der Waals surface area contributed by atoms with Gasteiger partial charge < -0.3 is 19.4 Å². The summed E-state index contributed by atoms with van der Waals surface area (Å²) in [7, 11) is 0. The third kappa shape index (κ3) is 3.16. The Kier molecular flexibility index (Phi) is 4.71. The Morgan fingerprint density at radius 1 is 1.40 bits per heavy atom. The molecule has 2 aliphatic heterocycles. The fraction of sp³-hybridized carbons (Fsp3) is 0.789. The van der Waals surface area contributed by atoms with Gasteiger partial charge in [0.2, 0.25) is 0 Å². The van der Waals surface area contributed by atoms with Crippen LogP contribution in [0.3, 0.4) is 0 Å². The summed E-state index contributed by atoms with van der Waals surface area (Å²) in [4.78, 5) is 19.2. The topological polar surface area (TPSA) is 67.6 Å². The van der Waals surface area contributed by atoms with Crippen molar-refractivity contribution in [2.75, 3.05) is 19.8 Å². The van der Waals surface area contributed by atoms with Gasteiger partial charge in [-0.05, 0) is 43.4 Å². The molecule has 1 aromatic rings. The zero-order valence-electron chi connectivity index (χ0n) is 15.1. The lowest BCUT2D eigenvalue weighted by Crippen LogP contribution is -2.43. The highest BCUT2D eigenvalue weighted by atomic mass is 16.5. The number of hydrogen-bond donors (Lipinski definition) is 1. The first kappa shape index (κ1) is 16.9. The number of fused-ring (bicyclic) bond motifs is 2. The molecule has 0 bridgehead atoms. The smallest absolute Gasteiger partial charge is 0.318 e. The van der Waals surface area contributed by atoms with Gasteiger partial charge in [0.05, 0.1) is 12.7 Å². The number of rotatable bonds is 4. The maximum Gasteiger partial charge on any atom is 0.318 e. The number of urea groups is 1. The molecule has 0 radical (unpaired) electrons. The molecule has 2 atom stereocenters. The van der Waals surface area contributed by atoms with Crippen molar-refractivity contribution in [3.8, 4) is 0 Å². The number of aromatic nitrogens is 1. The van der Waals surface area contributed by atoms with Gasteiger partial charge in [-0.25, -0.2) is 9.78 Å². The first-order valence-electron chi connectivity index (χ1n) is 9.78. The summed E-state index contributed by atoms with van der Waals surface area (Å²) < 4.78 is 11.3. The zero-order valence-corrected chi connectivity index (χ0v) is 15.1. The van der Waals surface area contributed by atoms with E-state index in [1.807, 2.05) is 0 Å². The molecule has 3 aliphatic rings. The summed E-state index contributed by atoms with van der Waals surface area (Å²) in [5, 5.41) is 3.05. The third-order valence-electron chi connectivity index (χ3n) is 6.38. The summed E-state index contributed by atoms with van der Waals surface area (Å²) in [6.07, 6.45) is 9.42. The number of amides is 2. The second kappa shape index (κ2) is 6.98. The van der Waals surface area contributed by atoms with E-state index in [0.717, 1.165) is 63.5 Å². The van der Waals surface area contributed by atoms with Crippen LogP contribution in [0.5, 0.6) is 0 Å². The highest BCUT2D eigenvalue weighted by molar-refractivity contribution is 5.75. The van der Waals surface area contributed by atoms with Gasteiger partial charge >= 0.3 is 6.03 Å². The van der Waals surface area contributed by atoms with Crippen LogP contribution in [-0.2, 0) is 17.7 Å². The average Bonchev–Trinajstić information content (AvgIpc) is 3.33. The number of oxazole rings is 1. The van der Waals surface area contributed by atoms with Crippen LogP contribution in [0.25, 0.3) is 0 Å². The summed E-state index contributed by atoms with van der Waals surface area (Å²) in [5.41, 5.74) is 0.289. The Morgan fingerprint density at radius 3 is 3.04 bits per heavy atom. The van der Waals surface area contributed by atoms with Gasteiger partial charge in [-0.1, -0.05) is 13.3 Å². The largest absolute Gasteiger partial charge is 0.444 e. The second-order valence-corrected chi connectivity index (χ2v) is 7.84. The summed E-state index contributed by atoms with van der Waals surface area (Å²) >= 11 is 0. The fourth-order valence-electron chi connectivity index (χ4n) is 5.15. The van der Waals surface area contributed by atoms with Gasteiger partial charge in [-0.3, -0.25) is 0 Å². The predicted molar refractivity (Wildman–Crippen MR) is 93.1 cm³/mol. The summed E-state index contributed by atoms with van der Waals surface area (Å²) in [6.45, 7) is 5.09. The van der Waals surface area contributed by atoms with Crippen LogP contribution < -0.4 is 5.32 Å². The lowest BCUT2D eigenvalue weighted by molar-refractivity contribution is -0.000409. The highest BCUT2D eigenvalue weighted by Gasteiger charge is 2.55. The van der Waals surface area contributed by atoms with Crippen LogP contribution >= 0.6 is 0 Å². The van der Waals surface area contributed by atoms with E-state index in [2.05, 4.69) is 22.1 Å². The standard InChI is InChI=1S/C19H29N3O3/c1-2-4-17-20-11-14(25-17)12-21-18(23)22-13-19(7-9-24-10-8-19)15-5-3-6-16(15)22/h11,15-16H,2-10,12-13H2,1H3,(H,21,23)/t15-,16+/m1/s1. The van der Waals surface area contributed by atoms with E-state index in [1.54, 1.807) is 6.20 Å². The Hall–Kier alpha value is -1.56. The zero-order chi connectivity index (χ0) is 17.3. The Morgan fingerprint density at radius 2 is 2.24 bits per heavy atom. The molecule has 1 aromatic heterocycles. The number of carbonyl (C=O) groups excluding carboxylic acids is 1. The third-order valence-corrected chi connectivity index (χ3v) is 6.38. The number of carbonyl (C=O) groups is 1. The highest BCUT2D eigenvalue weighted by Crippen LogP contribution is 2.53. The van der Waals surface area contributed by atoms with E-state index >= 15 is 0 Å². The Labute approximate surface area is 149 Å². The van der Waals surface area contributed by atoms with Crippen LogP contribution in [-0.4, -0.2) is 41.7 Å². The molecule has 0 aromatic carbocycles. The van der Waals surface area contributed by atoms with Crippen LogP contribution in [0.2, 0.25) is 0 Å². The number of nitrogens with one attached hydrogen (secondary N) is 1. The number of hydrogen-bond acceptors (Lipinski definition) is 4. The molecule has 1 N–H and O–H groups in total. The van der Waals surface area contributed by atoms with Crippen molar-refractivity contribution in [2.24, 2.45) is 11.3 Å². The second-order valence-electron chi connectivity index (χ2n) is 7.84. The molecule has 6 nitrogen and oxygen atoms in total. The lowest BCUT2D eigenvalue weighted by Gasteiger charge is -2.37. The molecule has 0 unspecified atom stereocenters. The monoisotopic (exact) mass is 347 g/mol. The van der Waals surface area contributed by atoms with Crippen molar-refractivity contribution < 1.29 is 13.9 Å². The minimum atomic E-state index is 0.0497. The number of nitrogens with zero attached hydrogens (tertiary/aromatic N) is 2. The molecular formula is C19H29N3O3. The van der Waals surface area contributed by atoms with Crippen LogP contribution in [0.1, 0.15) is 57.1 Å². The van der Waals surface area contributed by atoms with Crippen LogP contribution in [0.4, 0.5) is 4.79 Å². The molecule has 1 aliphatic carbocycles. The average molecular weight is 347 g/mol. The minimum absolute atomic E-state index is 0.0497. The molecule has 3 fully saturated rings. The van der Waals surface area contributed by atoms with Gasteiger partial charge in [0.1, 0.15) is 5.76 Å². The van der Waals surface area contributed by atoms with E-state index < -0.39 is 0 Å². The van der Waals surface area contributed by atoms with E-state index in [0.29, 0.717) is 18.5 Å². The molecule has 2 amide bonds. The first-order valence-corrected chi connectivity index (χ1v) is 9.78. The minimum Gasteiger partial charge on any atom is -0.444 e. The van der Waals surface area contributed by atoms with Crippen molar-refractivity contribution in [1.29, 1.82) is 0 Å². The van der Waals surface area contributed by atoms with Crippen molar-refractivity contribution >= 4 is 6.03 Å². The normalized spacial score (nSPS) is 27.6. The van der Waals surface area contributed by atoms with Gasteiger partial charge in [-0.15, -0.1) is 0 Å². The predicted octanol–water partition coefficient (Wildman–Crippen LogP) is 3.12. The quantitative estimate of drug-likeness (QED) is 0.909. The fourth-order valence-corrected chi connectivity index (χ4v) is 5.15. The van der Waals surface area contributed by atoms with Gasteiger partial charge in [0, 0.05) is 32.2 Å². The molecule has 6 heteroatoms. The van der Waals surface area contributed by atoms with Gasteiger partial charge in [0.15, 0.2) is 5.89 Å². The Balaban J connectivity index is 1.39. The van der Waals surface area contributed by atoms with Crippen molar-refractivity contribution in [3.63, 3.8) is 0 Å². The van der Waals surface area contributed by atoms with Crippen molar-refractivity contribution in [3.05, 3.63) is 17.8 Å². The molecule has 3 heterocycles. The SMILES string of the molecule is CCCc1ncc(CNC(=O)N2CC3(CCOCC3)[C@@H]3CCC[C@@H]32)o1. The molecule has 2 saturated heterocycles. The number of likely N-dealkylation sites (tertiary alicyclic amines) is 1. The van der Waals surface area contributed by atoms with Crippen LogP contribution in [0, 0.1) is 11.3 Å². The van der Waals surface area contributed by atoms with E-state index in [4.69, 9.17) is 9.15 Å².